The summed E-state index contributed by atoms with van der Waals surface area (Å²) < 4.78 is 35.0. The third-order valence-electron chi connectivity index (χ3n) is 6.00. The predicted octanol–water partition coefficient (Wildman–Crippen LogP) is 2.32. The Hall–Kier alpha value is -2.59. The Labute approximate surface area is 190 Å². The topological polar surface area (TPSA) is 111 Å². The molecule has 3 aliphatic rings. The quantitative estimate of drug-likeness (QED) is 0.701. The number of carbonyl (C=O) groups is 2. The number of fused-ring (bicyclic) bond motifs is 2. The lowest BCUT2D eigenvalue weighted by Gasteiger charge is -2.25. The van der Waals surface area contributed by atoms with E-state index >= 15 is 0 Å². The lowest BCUT2D eigenvalue weighted by molar-refractivity contribution is -0.125. The van der Waals surface area contributed by atoms with Crippen LogP contribution in [0.3, 0.4) is 0 Å². The number of hydrogen-bond acceptors (Lipinski definition) is 7. The summed E-state index contributed by atoms with van der Waals surface area (Å²) in [4.78, 5) is 27.3. The van der Waals surface area contributed by atoms with Crippen molar-refractivity contribution in [3.05, 3.63) is 40.3 Å². The van der Waals surface area contributed by atoms with Gasteiger partial charge < -0.3 is 20.1 Å². The molecule has 8 nitrogen and oxygen atoms in total. The van der Waals surface area contributed by atoms with Gasteiger partial charge in [0, 0.05) is 10.9 Å². The Morgan fingerprint density at radius 1 is 1.09 bits per heavy atom. The van der Waals surface area contributed by atoms with Crippen LogP contribution >= 0.6 is 11.3 Å². The van der Waals surface area contributed by atoms with E-state index in [9.17, 15) is 18.0 Å². The van der Waals surface area contributed by atoms with Crippen molar-refractivity contribution in [3.63, 3.8) is 0 Å². The minimum Gasteiger partial charge on any atom is -0.485 e. The van der Waals surface area contributed by atoms with Crippen molar-refractivity contribution in [1.29, 1.82) is 0 Å². The van der Waals surface area contributed by atoms with Crippen molar-refractivity contribution in [1.82, 2.24) is 5.32 Å². The third-order valence-corrected chi connectivity index (χ3v) is 8.98. The molecule has 2 aromatic rings. The van der Waals surface area contributed by atoms with Gasteiger partial charge in [-0.05, 0) is 49.8 Å². The fourth-order valence-corrected chi connectivity index (χ4v) is 7.36. The summed E-state index contributed by atoms with van der Waals surface area (Å²) in [6, 6.07) is 6.76. The molecule has 10 heteroatoms. The molecule has 0 bridgehead atoms. The summed E-state index contributed by atoms with van der Waals surface area (Å²) >= 11 is 1.42. The highest BCUT2D eigenvalue weighted by atomic mass is 32.2. The van der Waals surface area contributed by atoms with Gasteiger partial charge in [-0.25, -0.2) is 8.42 Å². The second-order valence-electron chi connectivity index (χ2n) is 8.34. The van der Waals surface area contributed by atoms with Crippen LogP contribution in [-0.2, 0) is 27.5 Å². The number of aryl methyl sites for hydroxylation is 1. The zero-order chi connectivity index (χ0) is 22.3. The van der Waals surface area contributed by atoms with Gasteiger partial charge in [-0.2, -0.15) is 0 Å². The predicted molar refractivity (Wildman–Crippen MR) is 120 cm³/mol. The van der Waals surface area contributed by atoms with Gasteiger partial charge in [0.25, 0.3) is 11.8 Å². The lowest BCUT2D eigenvalue weighted by Crippen LogP contribution is -2.41. The molecule has 0 spiro atoms. The number of benzene rings is 1. The van der Waals surface area contributed by atoms with Crippen LogP contribution in [0.5, 0.6) is 11.5 Å². The smallest absolute Gasteiger partial charge is 0.269 e. The van der Waals surface area contributed by atoms with Gasteiger partial charge in [0.15, 0.2) is 21.3 Å². The van der Waals surface area contributed by atoms with Gasteiger partial charge in [-0.15, -0.1) is 11.3 Å². The van der Waals surface area contributed by atoms with Crippen molar-refractivity contribution in [3.8, 4) is 11.5 Å². The molecular weight excluding hydrogens is 452 g/mol. The van der Waals surface area contributed by atoms with E-state index in [0.717, 1.165) is 36.1 Å². The Kier molecular flexibility index (Phi) is 5.58. The molecule has 0 saturated carbocycles. The minimum atomic E-state index is -3.11. The standard InChI is InChI=1S/C22H24N2O6S2/c25-20(17-11-29-15-6-2-3-7-16(15)30-17)24-22-19(14-5-1-4-8-18(14)31-22)21(26)23-13-9-10-32(27,28)12-13/h2-3,6-7,13,17H,1,4-5,8-12H2,(H,23,26)(H,24,25)/t13-,17+/m0/s1. The van der Waals surface area contributed by atoms with Crippen molar-refractivity contribution >= 4 is 38.0 Å². The molecule has 32 heavy (non-hydrogen) atoms. The average molecular weight is 477 g/mol. The highest BCUT2D eigenvalue weighted by Gasteiger charge is 2.34. The molecule has 1 aliphatic carbocycles. The van der Waals surface area contributed by atoms with E-state index in [1.54, 1.807) is 12.1 Å². The molecule has 1 aromatic heterocycles. The number of nitrogens with one attached hydrogen (secondary N) is 2. The van der Waals surface area contributed by atoms with Crippen LogP contribution in [0, 0.1) is 0 Å². The van der Waals surface area contributed by atoms with E-state index < -0.39 is 22.0 Å². The minimum absolute atomic E-state index is 0.0422. The van der Waals surface area contributed by atoms with E-state index in [2.05, 4.69) is 10.6 Å². The molecule has 1 aromatic carbocycles. The Morgan fingerprint density at radius 2 is 1.88 bits per heavy atom. The number of ether oxygens (including phenoxy) is 2. The second kappa shape index (κ2) is 8.40. The summed E-state index contributed by atoms with van der Waals surface area (Å²) in [5.41, 5.74) is 1.42. The van der Waals surface area contributed by atoms with Crippen LogP contribution in [-0.4, -0.2) is 50.5 Å². The van der Waals surface area contributed by atoms with Gasteiger partial charge in [-0.3, -0.25) is 9.59 Å². The van der Waals surface area contributed by atoms with Gasteiger partial charge in [0.1, 0.15) is 11.6 Å². The molecule has 1 fully saturated rings. The zero-order valence-electron chi connectivity index (χ0n) is 17.4. The monoisotopic (exact) mass is 476 g/mol. The Morgan fingerprint density at radius 3 is 2.66 bits per heavy atom. The maximum atomic E-state index is 13.2. The van der Waals surface area contributed by atoms with E-state index in [0.29, 0.717) is 28.5 Å². The molecule has 2 atom stereocenters. The first-order valence-corrected chi connectivity index (χ1v) is 13.4. The SMILES string of the molecule is O=C(N[C@H]1CCS(=O)(=O)C1)c1c(NC(=O)[C@H]2COc3ccccc3O2)sc2c1CCCC2. The van der Waals surface area contributed by atoms with Crippen LogP contribution in [0.4, 0.5) is 5.00 Å². The maximum Gasteiger partial charge on any atom is 0.269 e. The number of thiophene rings is 1. The third kappa shape index (κ3) is 4.21. The van der Waals surface area contributed by atoms with Crippen LogP contribution in [0.2, 0.25) is 0 Å². The maximum absolute atomic E-state index is 13.2. The normalized spacial score (nSPS) is 23.2. The van der Waals surface area contributed by atoms with Crippen molar-refractivity contribution < 1.29 is 27.5 Å². The summed E-state index contributed by atoms with van der Waals surface area (Å²) in [7, 11) is -3.11. The van der Waals surface area contributed by atoms with Gasteiger partial charge in [0.05, 0.1) is 17.1 Å². The number of anilines is 1. The van der Waals surface area contributed by atoms with Crippen LogP contribution in [0.1, 0.15) is 40.1 Å². The first kappa shape index (κ1) is 21.3. The molecule has 0 radical (unpaired) electrons. The average Bonchev–Trinajstić information content (AvgIpc) is 3.31. The number of para-hydroxylation sites is 2. The fraction of sp³-hybridized carbons (Fsp3) is 0.455. The van der Waals surface area contributed by atoms with Crippen molar-refractivity contribution in [2.45, 2.75) is 44.2 Å². The second-order valence-corrected chi connectivity index (χ2v) is 11.7. The zero-order valence-corrected chi connectivity index (χ0v) is 19.0. The molecule has 0 unspecified atom stereocenters. The molecule has 5 rings (SSSR count). The number of carbonyl (C=O) groups excluding carboxylic acids is 2. The number of amides is 2. The van der Waals surface area contributed by atoms with Crippen LogP contribution < -0.4 is 20.1 Å². The van der Waals surface area contributed by atoms with E-state index in [1.807, 2.05) is 12.1 Å². The van der Waals surface area contributed by atoms with Crippen LogP contribution in [0.25, 0.3) is 0 Å². The summed E-state index contributed by atoms with van der Waals surface area (Å²) in [6.07, 6.45) is 3.23. The molecule has 3 heterocycles. The molecule has 2 amide bonds. The highest BCUT2D eigenvalue weighted by Crippen LogP contribution is 2.39. The summed E-state index contributed by atoms with van der Waals surface area (Å²) in [5, 5.41) is 6.25. The first-order valence-electron chi connectivity index (χ1n) is 10.7. The highest BCUT2D eigenvalue weighted by molar-refractivity contribution is 7.91. The van der Waals surface area contributed by atoms with E-state index in [-0.39, 0.29) is 29.9 Å². The molecular formula is C22H24N2O6S2. The molecule has 1 saturated heterocycles. The lowest BCUT2D eigenvalue weighted by atomic mass is 9.95. The van der Waals surface area contributed by atoms with Crippen molar-refractivity contribution in [2.75, 3.05) is 23.4 Å². The van der Waals surface area contributed by atoms with Crippen LogP contribution in [0.15, 0.2) is 24.3 Å². The first-order chi connectivity index (χ1) is 15.4. The number of sulfone groups is 1. The van der Waals surface area contributed by atoms with Gasteiger partial charge >= 0.3 is 0 Å². The van der Waals surface area contributed by atoms with E-state index in [1.165, 1.54) is 11.3 Å². The van der Waals surface area contributed by atoms with Gasteiger partial charge in [0.2, 0.25) is 6.10 Å². The molecule has 170 valence electrons. The van der Waals surface area contributed by atoms with Crippen molar-refractivity contribution in [2.24, 2.45) is 0 Å². The largest absolute Gasteiger partial charge is 0.485 e. The fourth-order valence-electron chi connectivity index (χ4n) is 4.40. The van der Waals surface area contributed by atoms with Gasteiger partial charge in [-0.1, -0.05) is 12.1 Å². The Bertz CT molecular complexity index is 1170. The summed E-state index contributed by atoms with van der Waals surface area (Å²) in [5.74, 6) is 0.437. The summed E-state index contributed by atoms with van der Waals surface area (Å²) in [6.45, 7) is 0.0788. The molecule has 2 aliphatic heterocycles. The van der Waals surface area contributed by atoms with E-state index in [4.69, 9.17) is 9.47 Å². The molecule has 2 N–H and O–H groups in total. The number of hydrogen-bond donors (Lipinski definition) is 2. The number of rotatable bonds is 4. The Balaban J connectivity index is 1.36.